The molecule has 3 heteroatoms. The lowest BCUT2D eigenvalue weighted by Gasteiger charge is -2.06. The molecule has 0 heterocycles. The molecule has 0 saturated carbocycles. The molecule has 0 aliphatic carbocycles. The summed E-state index contributed by atoms with van der Waals surface area (Å²) in [7, 11) is 1.79. The summed E-state index contributed by atoms with van der Waals surface area (Å²) < 4.78 is 0.537. The molecule has 0 atom stereocenters. The van der Waals surface area contributed by atoms with Gasteiger partial charge >= 0.3 is 0 Å². The first-order chi connectivity index (χ1) is 3.18. The smallest absolute Gasteiger partial charge is 0.136 e. The Hall–Kier alpha value is -0.0200. The summed E-state index contributed by atoms with van der Waals surface area (Å²) in [5.74, 6) is 0. The number of hydrogen-bond donors (Lipinski definition) is 1. The van der Waals surface area contributed by atoms with E-state index in [2.05, 4.69) is 31.4 Å². The molecule has 0 aromatic carbocycles. The Morgan fingerprint density at radius 1 is 2.00 bits per heavy atom. The molecule has 0 spiro atoms. The van der Waals surface area contributed by atoms with Crippen molar-refractivity contribution >= 4 is 29.2 Å². The topological polar surface area (TPSA) is 3.24 Å². The van der Waals surface area contributed by atoms with E-state index in [9.17, 15) is 0 Å². The van der Waals surface area contributed by atoms with Gasteiger partial charge in [0.05, 0.1) is 0 Å². The second kappa shape index (κ2) is 3.04. The van der Waals surface area contributed by atoms with Crippen molar-refractivity contribution in [3.63, 3.8) is 0 Å². The Morgan fingerprint density at radius 3 is 2.43 bits per heavy atom. The van der Waals surface area contributed by atoms with Crippen LogP contribution in [0.25, 0.3) is 0 Å². The van der Waals surface area contributed by atoms with E-state index < -0.39 is 0 Å². The molecule has 0 rings (SSSR count). The number of nitrogens with zero attached hydrogens (tertiary/aromatic N) is 1. The van der Waals surface area contributed by atoms with Crippen LogP contribution in [0.1, 0.15) is 0 Å². The summed E-state index contributed by atoms with van der Waals surface area (Å²) in [5, 5.41) is 0. The molecule has 0 aromatic rings. The second-order valence-electron chi connectivity index (χ2n) is 1.08. The van der Waals surface area contributed by atoms with E-state index in [-0.39, 0.29) is 0 Å². The SMILES string of the molecule is C=CN(C)C(=S)S. The summed E-state index contributed by atoms with van der Waals surface area (Å²) in [6.45, 7) is 3.47. The van der Waals surface area contributed by atoms with E-state index in [1.165, 1.54) is 0 Å². The van der Waals surface area contributed by atoms with Gasteiger partial charge in [-0.3, -0.25) is 0 Å². The fourth-order valence-corrected chi connectivity index (χ4v) is 0.234. The molecule has 0 saturated heterocycles. The molecule has 0 fully saturated rings. The monoisotopic (exact) mass is 133 g/mol. The minimum absolute atomic E-state index is 0.537. The summed E-state index contributed by atoms with van der Waals surface area (Å²) in [6, 6.07) is 0. The van der Waals surface area contributed by atoms with Crippen molar-refractivity contribution in [3.05, 3.63) is 12.8 Å². The minimum atomic E-state index is 0.537. The number of rotatable bonds is 1. The van der Waals surface area contributed by atoms with Crippen LogP contribution in [0.3, 0.4) is 0 Å². The third-order valence-electron chi connectivity index (χ3n) is 0.576. The van der Waals surface area contributed by atoms with Gasteiger partial charge in [-0.1, -0.05) is 18.8 Å². The predicted octanol–water partition coefficient (Wildman–Crippen LogP) is 1.28. The summed E-state index contributed by atoms with van der Waals surface area (Å²) >= 11 is 8.50. The van der Waals surface area contributed by atoms with Crippen molar-refractivity contribution in [2.75, 3.05) is 7.05 Å². The summed E-state index contributed by atoms with van der Waals surface area (Å²) in [5.41, 5.74) is 0. The van der Waals surface area contributed by atoms with Gasteiger partial charge < -0.3 is 4.90 Å². The van der Waals surface area contributed by atoms with Gasteiger partial charge in [0.2, 0.25) is 0 Å². The van der Waals surface area contributed by atoms with Crippen LogP contribution < -0.4 is 0 Å². The lowest BCUT2D eigenvalue weighted by atomic mass is 10.9. The second-order valence-corrected chi connectivity index (χ2v) is 2.19. The zero-order valence-electron chi connectivity index (χ0n) is 4.09. The van der Waals surface area contributed by atoms with Gasteiger partial charge in [0.1, 0.15) is 4.32 Å². The van der Waals surface area contributed by atoms with Gasteiger partial charge in [-0.2, -0.15) is 0 Å². The van der Waals surface area contributed by atoms with Gasteiger partial charge in [-0.15, -0.1) is 12.6 Å². The van der Waals surface area contributed by atoms with Crippen molar-refractivity contribution in [2.45, 2.75) is 0 Å². The van der Waals surface area contributed by atoms with Gasteiger partial charge in [0.25, 0.3) is 0 Å². The maximum Gasteiger partial charge on any atom is 0.136 e. The van der Waals surface area contributed by atoms with Crippen LogP contribution in [0.4, 0.5) is 0 Å². The lowest BCUT2D eigenvalue weighted by molar-refractivity contribution is 0.720. The third kappa shape index (κ3) is 2.65. The van der Waals surface area contributed by atoms with Crippen molar-refractivity contribution in [2.24, 2.45) is 0 Å². The predicted molar refractivity (Wildman–Crippen MR) is 39.5 cm³/mol. The maximum absolute atomic E-state index is 4.64. The van der Waals surface area contributed by atoms with Crippen LogP contribution >= 0.6 is 24.8 Å². The summed E-state index contributed by atoms with van der Waals surface area (Å²) in [4.78, 5) is 1.65. The zero-order chi connectivity index (χ0) is 5.86. The van der Waals surface area contributed by atoms with E-state index in [4.69, 9.17) is 0 Å². The fourth-order valence-electron chi connectivity index (χ4n) is 0.0781. The minimum Gasteiger partial charge on any atom is -0.338 e. The van der Waals surface area contributed by atoms with Crippen LogP contribution in [0.5, 0.6) is 0 Å². The highest BCUT2D eigenvalue weighted by molar-refractivity contribution is 8.10. The number of thiol groups is 1. The highest BCUT2D eigenvalue weighted by Gasteiger charge is 1.87. The Labute approximate surface area is 54.4 Å². The Bertz CT molecular complexity index is 89.7. The molecule has 7 heavy (non-hydrogen) atoms. The van der Waals surface area contributed by atoms with Crippen LogP contribution in [-0.4, -0.2) is 16.3 Å². The largest absolute Gasteiger partial charge is 0.338 e. The van der Waals surface area contributed by atoms with Gasteiger partial charge in [-0.25, -0.2) is 0 Å². The van der Waals surface area contributed by atoms with Crippen molar-refractivity contribution in [1.82, 2.24) is 4.90 Å². The Morgan fingerprint density at radius 2 is 2.43 bits per heavy atom. The molecule has 0 unspecified atom stereocenters. The van der Waals surface area contributed by atoms with Gasteiger partial charge in [0.15, 0.2) is 0 Å². The Balaban J connectivity index is 3.55. The molecule has 0 bridgehead atoms. The molecular formula is C4H7NS2. The number of hydrogen-bond acceptors (Lipinski definition) is 1. The van der Waals surface area contributed by atoms with E-state index in [1.807, 2.05) is 0 Å². The quantitative estimate of drug-likeness (QED) is 0.424. The fraction of sp³-hybridized carbons (Fsp3) is 0.250. The average molecular weight is 133 g/mol. The van der Waals surface area contributed by atoms with Crippen LogP contribution in [-0.2, 0) is 0 Å². The Kier molecular flexibility index (Phi) is 3.04. The molecule has 0 amide bonds. The van der Waals surface area contributed by atoms with E-state index in [1.54, 1.807) is 18.1 Å². The van der Waals surface area contributed by atoms with Crippen LogP contribution in [0, 0.1) is 0 Å². The van der Waals surface area contributed by atoms with Gasteiger partial charge in [0, 0.05) is 7.05 Å². The molecule has 0 aliphatic rings. The third-order valence-corrected chi connectivity index (χ3v) is 1.18. The summed E-state index contributed by atoms with van der Waals surface area (Å²) in [6.07, 6.45) is 1.61. The molecule has 1 nitrogen and oxygen atoms in total. The first kappa shape index (κ1) is 6.98. The van der Waals surface area contributed by atoms with Crippen molar-refractivity contribution < 1.29 is 0 Å². The standard InChI is InChI=1S/C4H7NS2/c1-3-5(2)4(6)7/h3H,1H2,2H3,(H,6,7). The van der Waals surface area contributed by atoms with Crippen molar-refractivity contribution in [3.8, 4) is 0 Å². The zero-order valence-corrected chi connectivity index (χ0v) is 5.80. The average Bonchev–Trinajstić information content (AvgIpc) is 1.65. The van der Waals surface area contributed by atoms with Crippen molar-refractivity contribution in [1.29, 1.82) is 0 Å². The molecule has 40 valence electrons. The molecule has 0 aromatic heterocycles. The molecule has 0 aliphatic heterocycles. The molecular weight excluding hydrogens is 126 g/mol. The van der Waals surface area contributed by atoms with Gasteiger partial charge in [-0.05, 0) is 6.20 Å². The van der Waals surface area contributed by atoms with E-state index in [0.29, 0.717) is 4.32 Å². The van der Waals surface area contributed by atoms with Crippen LogP contribution in [0.15, 0.2) is 12.8 Å². The molecule has 0 N–H and O–H groups in total. The van der Waals surface area contributed by atoms with Crippen LogP contribution in [0.2, 0.25) is 0 Å². The highest BCUT2D eigenvalue weighted by Crippen LogP contribution is 1.89. The van der Waals surface area contributed by atoms with E-state index in [0.717, 1.165) is 0 Å². The first-order valence-electron chi connectivity index (χ1n) is 1.76. The van der Waals surface area contributed by atoms with E-state index >= 15 is 0 Å². The number of thiocarbonyl (C=S) groups is 1. The molecule has 0 radical (unpaired) electrons. The lowest BCUT2D eigenvalue weighted by Crippen LogP contribution is -2.11. The normalized spacial score (nSPS) is 7.71. The first-order valence-corrected chi connectivity index (χ1v) is 2.62. The maximum atomic E-state index is 4.64. The highest BCUT2D eigenvalue weighted by atomic mass is 32.1.